The van der Waals surface area contributed by atoms with E-state index >= 15 is 0 Å². The van der Waals surface area contributed by atoms with Crippen molar-refractivity contribution in [2.45, 2.75) is 20.0 Å². The van der Waals surface area contributed by atoms with Crippen LogP contribution < -0.4 is 28.4 Å². The van der Waals surface area contributed by atoms with E-state index in [9.17, 15) is 0 Å². The standard InChI is InChI=1S/C29H34O7S/c1-10-29(2,3)27(36-28(37)17-11-12-19(30-4)22(15-17)33-7)18-16-23(34-8)24-20(31-5)13-14-21(32-6)25(24)26(18)35-9/h10-16,27H,1H2,2-9H3. The van der Waals surface area contributed by atoms with Gasteiger partial charge in [0.2, 0.25) is 0 Å². The molecule has 8 heteroatoms. The first-order chi connectivity index (χ1) is 17.7. The van der Waals surface area contributed by atoms with E-state index < -0.39 is 11.5 Å². The van der Waals surface area contributed by atoms with E-state index in [1.165, 1.54) is 0 Å². The highest BCUT2D eigenvalue weighted by Gasteiger charge is 2.36. The van der Waals surface area contributed by atoms with Gasteiger partial charge in [-0.3, -0.25) is 0 Å². The van der Waals surface area contributed by atoms with Gasteiger partial charge < -0.3 is 33.2 Å². The highest BCUT2D eigenvalue weighted by atomic mass is 32.1. The largest absolute Gasteiger partial charge is 0.496 e. The molecule has 0 aromatic heterocycles. The molecule has 0 radical (unpaired) electrons. The Balaban J connectivity index is 2.27. The number of benzene rings is 3. The van der Waals surface area contributed by atoms with Crippen molar-refractivity contribution in [3.05, 3.63) is 60.2 Å². The Morgan fingerprint density at radius 3 is 1.78 bits per heavy atom. The predicted octanol–water partition coefficient (Wildman–Crippen LogP) is 6.54. The van der Waals surface area contributed by atoms with Gasteiger partial charge in [-0.05, 0) is 48.6 Å². The lowest BCUT2D eigenvalue weighted by atomic mass is 9.81. The second-order valence-electron chi connectivity index (χ2n) is 8.80. The zero-order chi connectivity index (χ0) is 27.3. The van der Waals surface area contributed by atoms with E-state index in [2.05, 4.69) is 6.58 Å². The van der Waals surface area contributed by atoms with Crippen molar-refractivity contribution in [3.8, 4) is 34.5 Å². The maximum atomic E-state index is 6.53. The van der Waals surface area contributed by atoms with Gasteiger partial charge in [0, 0.05) is 16.5 Å². The third kappa shape index (κ3) is 5.25. The number of fused-ring (bicyclic) bond motifs is 1. The fourth-order valence-electron chi connectivity index (χ4n) is 4.24. The van der Waals surface area contributed by atoms with Crippen molar-refractivity contribution < 1.29 is 33.2 Å². The summed E-state index contributed by atoms with van der Waals surface area (Å²) in [6.07, 6.45) is 1.23. The number of thiocarbonyl (C=S) groups is 1. The normalized spacial score (nSPS) is 11.9. The van der Waals surface area contributed by atoms with Crippen LogP contribution in [0.25, 0.3) is 10.8 Å². The Labute approximate surface area is 223 Å². The third-order valence-electron chi connectivity index (χ3n) is 6.34. The van der Waals surface area contributed by atoms with Crippen molar-refractivity contribution in [2.75, 3.05) is 42.7 Å². The second-order valence-corrected chi connectivity index (χ2v) is 9.17. The summed E-state index contributed by atoms with van der Waals surface area (Å²) in [6, 6.07) is 10.9. The molecule has 0 saturated heterocycles. The molecule has 3 aromatic rings. The quantitative estimate of drug-likeness (QED) is 0.206. The summed E-state index contributed by atoms with van der Waals surface area (Å²) in [5, 5.41) is 1.70. The molecule has 3 aromatic carbocycles. The van der Waals surface area contributed by atoms with Gasteiger partial charge in [0.05, 0.1) is 53.4 Å². The maximum Gasteiger partial charge on any atom is 0.191 e. The van der Waals surface area contributed by atoms with E-state index in [0.717, 1.165) is 5.39 Å². The molecule has 198 valence electrons. The molecule has 0 amide bonds. The summed E-state index contributed by atoms with van der Waals surface area (Å²) >= 11 is 5.76. The molecular formula is C29H34O7S. The van der Waals surface area contributed by atoms with Crippen molar-refractivity contribution in [1.82, 2.24) is 0 Å². The molecule has 0 aliphatic rings. The minimum absolute atomic E-state index is 0.277. The zero-order valence-electron chi connectivity index (χ0n) is 22.6. The van der Waals surface area contributed by atoms with Gasteiger partial charge in [0.1, 0.15) is 29.1 Å². The average molecular weight is 527 g/mol. The molecule has 0 bridgehead atoms. The van der Waals surface area contributed by atoms with Gasteiger partial charge in [-0.25, -0.2) is 0 Å². The monoisotopic (exact) mass is 526 g/mol. The van der Waals surface area contributed by atoms with Crippen molar-refractivity contribution in [1.29, 1.82) is 0 Å². The minimum atomic E-state index is -0.602. The van der Waals surface area contributed by atoms with E-state index in [0.29, 0.717) is 51.0 Å². The lowest BCUT2D eigenvalue weighted by Gasteiger charge is -2.34. The van der Waals surface area contributed by atoms with Gasteiger partial charge >= 0.3 is 0 Å². The summed E-state index contributed by atoms with van der Waals surface area (Å²) in [6.45, 7) is 8.08. The highest BCUT2D eigenvalue weighted by Crippen LogP contribution is 2.51. The van der Waals surface area contributed by atoms with Gasteiger partial charge in [-0.1, -0.05) is 19.9 Å². The number of hydrogen-bond acceptors (Lipinski definition) is 8. The summed E-state index contributed by atoms with van der Waals surface area (Å²) in [5.41, 5.74) is 0.813. The fraction of sp³-hybridized carbons (Fsp3) is 0.345. The zero-order valence-corrected chi connectivity index (χ0v) is 23.4. The van der Waals surface area contributed by atoms with Crippen LogP contribution in [0, 0.1) is 5.41 Å². The highest BCUT2D eigenvalue weighted by molar-refractivity contribution is 7.80. The SMILES string of the molecule is C=CC(C)(C)C(OC(=S)c1ccc(OC)c(OC)c1)c1cc(OC)c2c(OC)ccc(OC)c2c1OC. The first-order valence-electron chi connectivity index (χ1n) is 11.6. The Morgan fingerprint density at radius 1 is 0.730 bits per heavy atom. The van der Waals surface area contributed by atoms with Crippen molar-refractivity contribution in [2.24, 2.45) is 5.41 Å². The Hall–Kier alpha value is -3.65. The average Bonchev–Trinajstić information content (AvgIpc) is 2.93. The molecule has 0 heterocycles. The number of rotatable bonds is 11. The molecule has 1 atom stereocenters. The van der Waals surface area contributed by atoms with Gasteiger partial charge in [-0.15, -0.1) is 6.58 Å². The molecule has 0 fully saturated rings. The number of methoxy groups -OCH3 is 6. The van der Waals surface area contributed by atoms with Crippen LogP contribution in [-0.2, 0) is 4.74 Å². The van der Waals surface area contributed by atoms with Crippen LogP contribution in [0.1, 0.15) is 31.1 Å². The molecule has 0 spiro atoms. The minimum Gasteiger partial charge on any atom is -0.496 e. The van der Waals surface area contributed by atoms with Crippen LogP contribution in [0.5, 0.6) is 34.5 Å². The van der Waals surface area contributed by atoms with Crippen molar-refractivity contribution >= 4 is 28.0 Å². The predicted molar refractivity (Wildman–Crippen MR) is 149 cm³/mol. The fourth-order valence-corrected chi connectivity index (χ4v) is 4.46. The molecule has 0 aliphatic carbocycles. The maximum absolute atomic E-state index is 6.53. The lowest BCUT2D eigenvalue weighted by Crippen LogP contribution is -2.25. The molecule has 1 unspecified atom stereocenters. The van der Waals surface area contributed by atoms with E-state index in [4.69, 9.17) is 45.4 Å². The van der Waals surface area contributed by atoms with Crippen LogP contribution in [0.3, 0.4) is 0 Å². The smallest absolute Gasteiger partial charge is 0.191 e. The number of ether oxygens (including phenoxy) is 7. The van der Waals surface area contributed by atoms with E-state index in [1.807, 2.05) is 44.2 Å². The topological polar surface area (TPSA) is 64.6 Å². The summed E-state index contributed by atoms with van der Waals surface area (Å²) < 4.78 is 40.5. The Bertz CT molecular complexity index is 1300. The summed E-state index contributed by atoms with van der Waals surface area (Å²) in [7, 11) is 9.57. The van der Waals surface area contributed by atoms with Gasteiger partial charge in [0.15, 0.2) is 16.5 Å². The van der Waals surface area contributed by atoms with Gasteiger partial charge in [-0.2, -0.15) is 0 Å². The van der Waals surface area contributed by atoms with Gasteiger partial charge in [0.25, 0.3) is 0 Å². The van der Waals surface area contributed by atoms with E-state index in [1.54, 1.807) is 54.8 Å². The van der Waals surface area contributed by atoms with E-state index in [-0.39, 0.29) is 5.05 Å². The molecule has 37 heavy (non-hydrogen) atoms. The van der Waals surface area contributed by atoms with Crippen LogP contribution >= 0.6 is 12.2 Å². The molecule has 0 saturated carbocycles. The number of hydrogen-bond donors (Lipinski definition) is 0. The van der Waals surface area contributed by atoms with Crippen LogP contribution in [0.2, 0.25) is 0 Å². The first kappa shape index (κ1) is 27.9. The molecule has 0 aliphatic heterocycles. The Kier molecular flexibility index (Phi) is 8.76. The van der Waals surface area contributed by atoms with Crippen LogP contribution in [-0.4, -0.2) is 47.7 Å². The lowest BCUT2D eigenvalue weighted by molar-refractivity contribution is 0.0974. The first-order valence-corrected chi connectivity index (χ1v) is 12.0. The van der Waals surface area contributed by atoms with Crippen LogP contribution in [0.4, 0.5) is 0 Å². The third-order valence-corrected chi connectivity index (χ3v) is 6.68. The van der Waals surface area contributed by atoms with Crippen molar-refractivity contribution in [3.63, 3.8) is 0 Å². The molecular weight excluding hydrogens is 492 g/mol. The molecule has 7 nitrogen and oxygen atoms in total. The molecule has 0 N–H and O–H groups in total. The second kappa shape index (κ2) is 11.6. The summed E-state index contributed by atoms with van der Waals surface area (Å²) in [5.74, 6) is 3.50. The molecule has 3 rings (SSSR count). The summed E-state index contributed by atoms with van der Waals surface area (Å²) in [4.78, 5) is 0. The Morgan fingerprint density at radius 2 is 1.27 bits per heavy atom. The van der Waals surface area contributed by atoms with Crippen LogP contribution in [0.15, 0.2) is 49.1 Å².